The van der Waals surface area contributed by atoms with E-state index in [1.165, 1.54) is 11.8 Å². The van der Waals surface area contributed by atoms with E-state index in [2.05, 4.69) is 10.3 Å². The summed E-state index contributed by atoms with van der Waals surface area (Å²) in [5.74, 6) is -1.56. The molecule has 0 fully saturated rings. The number of rotatable bonds is 7. The molecule has 0 bridgehead atoms. The molecule has 0 aliphatic carbocycles. The van der Waals surface area contributed by atoms with Gasteiger partial charge < -0.3 is 10.4 Å². The van der Waals surface area contributed by atoms with Crippen LogP contribution in [0.4, 0.5) is 5.69 Å². The Balaban J connectivity index is 2.99. The molecule has 21 heavy (non-hydrogen) atoms. The third-order valence-electron chi connectivity index (χ3n) is 2.50. The molecule has 1 atom stereocenters. The van der Waals surface area contributed by atoms with Gasteiger partial charge in [0.05, 0.1) is 4.92 Å². The molecule has 114 valence electrons. The SMILES string of the molecule is CSCC[C@H](NC(=O)c1cc(Cl)ncc1[N+](=O)[O-])C(=O)O. The average molecular weight is 334 g/mol. The predicted molar refractivity (Wildman–Crippen MR) is 77.8 cm³/mol. The van der Waals surface area contributed by atoms with E-state index in [4.69, 9.17) is 16.7 Å². The van der Waals surface area contributed by atoms with Crippen molar-refractivity contribution in [3.8, 4) is 0 Å². The van der Waals surface area contributed by atoms with Crippen molar-refractivity contribution in [1.29, 1.82) is 0 Å². The summed E-state index contributed by atoms with van der Waals surface area (Å²) >= 11 is 7.04. The zero-order valence-electron chi connectivity index (χ0n) is 10.9. The first-order valence-electron chi connectivity index (χ1n) is 5.69. The lowest BCUT2D eigenvalue weighted by molar-refractivity contribution is -0.385. The van der Waals surface area contributed by atoms with Gasteiger partial charge in [0.15, 0.2) is 0 Å². The highest BCUT2D eigenvalue weighted by molar-refractivity contribution is 7.98. The van der Waals surface area contributed by atoms with E-state index in [0.29, 0.717) is 5.75 Å². The molecule has 1 amide bonds. The highest BCUT2D eigenvalue weighted by Gasteiger charge is 2.26. The Morgan fingerprint density at radius 2 is 2.29 bits per heavy atom. The summed E-state index contributed by atoms with van der Waals surface area (Å²) in [5.41, 5.74) is -0.860. The number of nitrogens with zero attached hydrogens (tertiary/aromatic N) is 2. The fraction of sp³-hybridized carbons (Fsp3) is 0.364. The van der Waals surface area contributed by atoms with Gasteiger partial charge in [0.25, 0.3) is 11.6 Å². The summed E-state index contributed by atoms with van der Waals surface area (Å²) in [5, 5.41) is 22.0. The fourth-order valence-corrected chi connectivity index (χ4v) is 2.11. The molecular weight excluding hydrogens is 322 g/mol. The Morgan fingerprint density at radius 1 is 1.62 bits per heavy atom. The van der Waals surface area contributed by atoms with E-state index in [1.807, 2.05) is 0 Å². The van der Waals surface area contributed by atoms with Crippen molar-refractivity contribution in [2.75, 3.05) is 12.0 Å². The van der Waals surface area contributed by atoms with Gasteiger partial charge in [-0.05, 0) is 24.5 Å². The van der Waals surface area contributed by atoms with E-state index in [1.54, 1.807) is 6.26 Å². The summed E-state index contributed by atoms with van der Waals surface area (Å²) in [6.07, 6.45) is 2.86. The number of carbonyl (C=O) groups excluding carboxylic acids is 1. The lowest BCUT2D eigenvalue weighted by Gasteiger charge is -2.13. The number of nitro groups is 1. The highest BCUT2D eigenvalue weighted by Crippen LogP contribution is 2.20. The lowest BCUT2D eigenvalue weighted by atomic mass is 10.1. The van der Waals surface area contributed by atoms with Crippen molar-refractivity contribution in [3.63, 3.8) is 0 Å². The van der Waals surface area contributed by atoms with Crippen LogP contribution >= 0.6 is 23.4 Å². The molecule has 1 aromatic rings. The topological polar surface area (TPSA) is 122 Å². The van der Waals surface area contributed by atoms with E-state index in [0.717, 1.165) is 12.3 Å². The Bertz CT molecular complexity index is 569. The number of pyridine rings is 1. The van der Waals surface area contributed by atoms with E-state index >= 15 is 0 Å². The van der Waals surface area contributed by atoms with Gasteiger partial charge in [-0.25, -0.2) is 9.78 Å². The summed E-state index contributed by atoms with van der Waals surface area (Å²) in [7, 11) is 0. The van der Waals surface area contributed by atoms with Crippen LogP contribution in [0.15, 0.2) is 12.3 Å². The molecule has 2 N–H and O–H groups in total. The van der Waals surface area contributed by atoms with Crippen molar-refractivity contribution < 1.29 is 19.6 Å². The number of amides is 1. The number of halogens is 1. The number of hydrogen-bond acceptors (Lipinski definition) is 6. The molecule has 0 spiro atoms. The Hall–Kier alpha value is -1.87. The maximum atomic E-state index is 12.0. The molecule has 0 aliphatic rings. The molecular formula is C11H12ClN3O5S. The first-order chi connectivity index (χ1) is 9.86. The van der Waals surface area contributed by atoms with Crippen molar-refractivity contribution in [2.45, 2.75) is 12.5 Å². The molecule has 0 radical (unpaired) electrons. The highest BCUT2D eigenvalue weighted by atomic mass is 35.5. The fourth-order valence-electron chi connectivity index (χ4n) is 1.48. The van der Waals surface area contributed by atoms with Crippen LogP contribution in [-0.4, -0.2) is 44.9 Å². The van der Waals surface area contributed by atoms with Crippen LogP contribution in [0, 0.1) is 10.1 Å². The maximum absolute atomic E-state index is 12.0. The zero-order chi connectivity index (χ0) is 16.0. The molecule has 0 aromatic carbocycles. The summed E-state index contributed by atoms with van der Waals surface area (Å²) in [6.45, 7) is 0. The second-order valence-corrected chi connectivity index (χ2v) is 5.30. The van der Waals surface area contributed by atoms with Gasteiger partial charge in [0.2, 0.25) is 0 Å². The normalized spacial score (nSPS) is 11.7. The second kappa shape index (κ2) is 7.79. The van der Waals surface area contributed by atoms with Crippen LogP contribution in [0.2, 0.25) is 5.15 Å². The number of thioether (sulfide) groups is 1. The Labute approximate surface area is 129 Å². The first kappa shape index (κ1) is 17.2. The van der Waals surface area contributed by atoms with Gasteiger partial charge in [0.1, 0.15) is 23.0 Å². The summed E-state index contributed by atoms with van der Waals surface area (Å²) in [4.78, 5) is 36.7. The number of aromatic nitrogens is 1. The van der Waals surface area contributed by atoms with E-state index in [9.17, 15) is 19.7 Å². The van der Waals surface area contributed by atoms with Crippen LogP contribution in [0.1, 0.15) is 16.8 Å². The van der Waals surface area contributed by atoms with Gasteiger partial charge in [-0.2, -0.15) is 11.8 Å². The Morgan fingerprint density at radius 3 is 2.81 bits per heavy atom. The third kappa shape index (κ3) is 4.87. The smallest absolute Gasteiger partial charge is 0.326 e. The average Bonchev–Trinajstić information content (AvgIpc) is 2.42. The molecule has 0 saturated carbocycles. The lowest BCUT2D eigenvalue weighted by Crippen LogP contribution is -2.41. The molecule has 10 heteroatoms. The van der Waals surface area contributed by atoms with Crippen LogP contribution in [-0.2, 0) is 4.79 Å². The molecule has 1 heterocycles. The number of nitrogens with one attached hydrogen (secondary N) is 1. The standard InChI is InChI=1S/C11H12ClN3O5S/c1-21-3-2-7(11(17)18)14-10(16)6-4-9(12)13-5-8(6)15(19)20/h4-5,7H,2-3H2,1H3,(H,14,16)(H,17,18)/t7-/m0/s1. The van der Waals surface area contributed by atoms with Gasteiger partial charge in [0, 0.05) is 0 Å². The minimum absolute atomic E-state index is 0.0956. The van der Waals surface area contributed by atoms with Crippen LogP contribution in [0.5, 0.6) is 0 Å². The molecule has 0 aliphatic heterocycles. The summed E-state index contributed by atoms with van der Waals surface area (Å²) in [6, 6.07) is -0.0980. The van der Waals surface area contributed by atoms with Gasteiger partial charge in [-0.3, -0.25) is 14.9 Å². The van der Waals surface area contributed by atoms with Crippen molar-refractivity contribution >= 4 is 40.9 Å². The minimum atomic E-state index is -1.21. The Kier molecular flexibility index (Phi) is 6.38. The number of carbonyl (C=O) groups is 2. The van der Waals surface area contributed by atoms with Crippen LogP contribution in [0.25, 0.3) is 0 Å². The van der Waals surface area contributed by atoms with Crippen LogP contribution < -0.4 is 5.32 Å². The van der Waals surface area contributed by atoms with Gasteiger partial charge in [-0.1, -0.05) is 11.6 Å². The molecule has 1 aromatic heterocycles. The number of hydrogen-bond donors (Lipinski definition) is 2. The largest absolute Gasteiger partial charge is 0.480 e. The second-order valence-electron chi connectivity index (χ2n) is 3.93. The number of aliphatic carboxylic acids is 1. The maximum Gasteiger partial charge on any atom is 0.326 e. The molecule has 0 saturated heterocycles. The predicted octanol–water partition coefficient (Wildman–Crippen LogP) is 1.58. The monoisotopic (exact) mass is 333 g/mol. The van der Waals surface area contributed by atoms with Crippen molar-refractivity contribution in [1.82, 2.24) is 10.3 Å². The van der Waals surface area contributed by atoms with E-state index < -0.39 is 28.5 Å². The van der Waals surface area contributed by atoms with E-state index in [-0.39, 0.29) is 17.1 Å². The van der Waals surface area contributed by atoms with Gasteiger partial charge >= 0.3 is 5.97 Å². The van der Waals surface area contributed by atoms with Crippen LogP contribution in [0.3, 0.4) is 0 Å². The zero-order valence-corrected chi connectivity index (χ0v) is 12.5. The van der Waals surface area contributed by atoms with Crippen molar-refractivity contribution in [3.05, 3.63) is 33.1 Å². The van der Waals surface area contributed by atoms with Crippen molar-refractivity contribution in [2.24, 2.45) is 0 Å². The quantitative estimate of drug-likeness (QED) is 0.441. The molecule has 0 unspecified atom stereocenters. The minimum Gasteiger partial charge on any atom is -0.480 e. The number of carboxylic acids is 1. The molecule has 1 rings (SSSR count). The molecule has 8 nitrogen and oxygen atoms in total. The third-order valence-corrected chi connectivity index (χ3v) is 3.36. The van der Waals surface area contributed by atoms with Gasteiger partial charge in [-0.15, -0.1) is 0 Å². The summed E-state index contributed by atoms with van der Waals surface area (Å²) < 4.78 is 0. The number of carboxylic acid groups (broad SMARTS) is 1. The first-order valence-corrected chi connectivity index (χ1v) is 7.46.